The van der Waals surface area contributed by atoms with Crippen LogP contribution in [-0.2, 0) is 0 Å². The fourth-order valence-corrected chi connectivity index (χ4v) is 8.87. The normalized spacial score (nSPS) is 12.0. The van der Waals surface area contributed by atoms with Gasteiger partial charge in [0.05, 0.1) is 0 Å². The van der Waals surface area contributed by atoms with Crippen LogP contribution in [0.15, 0.2) is 190 Å². The molecule has 5 heteroatoms. The lowest BCUT2D eigenvalue weighted by atomic mass is 9.91. The molecule has 0 saturated carbocycles. The Hall–Kier alpha value is -6.82. The first-order valence-corrected chi connectivity index (χ1v) is 18.8. The molecule has 10 aromatic rings. The molecule has 11 rings (SSSR count). The van der Waals surface area contributed by atoms with Gasteiger partial charge in [0.2, 0.25) is 0 Å². The number of benzene rings is 8. The molecule has 252 valence electrons. The summed E-state index contributed by atoms with van der Waals surface area (Å²) in [6.07, 6.45) is 0. The van der Waals surface area contributed by atoms with Gasteiger partial charge in [-0.2, -0.15) is 0 Å². The Morgan fingerprint density at radius 1 is 0.352 bits per heavy atom. The Labute approximate surface area is 315 Å². The molecule has 1 aliphatic rings. The Kier molecular flexibility index (Phi) is 7.07. The quantitative estimate of drug-likeness (QED) is 0.178. The molecule has 3 heterocycles. The average Bonchev–Trinajstić information content (AvgIpc) is 3.63. The van der Waals surface area contributed by atoms with Gasteiger partial charge in [0.25, 0.3) is 0 Å². The number of aromatic nitrogens is 3. The number of hydrogen-bond acceptors (Lipinski definition) is 5. The van der Waals surface area contributed by atoms with E-state index >= 15 is 0 Å². The smallest absolute Gasteiger partial charge is 0.164 e. The van der Waals surface area contributed by atoms with Crippen molar-refractivity contribution in [3.05, 3.63) is 176 Å². The molecule has 0 bridgehead atoms. The SMILES string of the molecule is c1ccc(-c2nc(-c3ccccc3)nc(-c3ccc(-c4ccc5c6c(cccc46)-c4cc(-c6cccc7c6oc6ccccc67)ccc4S5)cc3)n2)cc1. The molecule has 2 aromatic heterocycles. The van der Waals surface area contributed by atoms with Crippen molar-refractivity contribution >= 4 is 44.5 Å². The Bertz CT molecular complexity index is 3010. The molecule has 54 heavy (non-hydrogen) atoms. The van der Waals surface area contributed by atoms with E-state index in [1.807, 2.05) is 84.6 Å². The summed E-state index contributed by atoms with van der Waals surface area (Å²) < 4.78 is 6.43. The highest BCUT2D eigenvalue weighted by Gasteiger charge is 2.22. The zero-order chi connectivity index (χ0) is 35.6. The maximum Gasteiger partial charge on any atom is 0.164 e. The maximum absolute atomic E-state index is 6.43. The van der Waals surface area contributed by atoms with Crippen molar-refractivity contribution in [2.45, 2.75) is 9.79 Å². The second-order valence-electron chi connectivity index (χ2n) is 13.5. The van der Waals surface area contributed by atoms with Crippen LogP contribution in [0.1, 0.15) is 0 Å². The van der Waals surface area contributed by atoms with Gasteiger partial charge in [-0.15, -0.1) is 0 Å². The van der Waals surface area contributed by atoms with Crippen LogP contribution in [0.3, 0.4) is 0 Å². The third kappa shape index (κ3) is 5.05. The molecule has 0 radical (unpaired) electrons. The first-order chi connectivity index (χ1) is 26.7. The van der Waals surface area contributed by atoms with Crippen molar-refractivity contribution in [2.24, 2.45) is 0 Å². The van der Waals surface area contributed by atoms with Gasteiger partial charge in [0.15, 0.2) is 17.5 Å². The maximum atomic E-state index is 6.43. The van der Waals surface area contributed by atoms with Crippen LogP contribution < -0.4 is 0 Å². The highest BCUT2D eigenvalue weighted by molar-refractivity contribution is 7.99. The minimum Gasteiger partial charge on any atom is -0.455 e. The van der Waals surface area contributed by atoms with Crippen molar-refractivity contribution in [1.82, 2.24) is 15.0 Å². The van der Waals surface area contributed by atoms with E-state index < -0.39 is 0 Å². The first-order valence-electron chi connectivity index (χ1n) is 18.0. The zero-order valence-corrected chi connectivity index (χ0v) is 29.7. The highest BCUT2D eigenvalue weighted by atomic mass is 32.2. The second kappa shape index (κ2) is 12.4. The van der Waals surface area contributed by atoms with Gasteiger partial charge in [-0.05, 0) is 57.5 Å². The summed E-state index contributed by atoms with van der Waals surface area (Å²) in [5.41, 5.74) is 11.8. The van der Waals surface area contributed by atoms with E-state index in [0.29, 0.717) is 17.5 Å². The summed E-state index contributed by atoms with van der Waals surface area (Å²) in [5.74, 6) is 1.96. The highest BCUT2D eigenvalue weighted by Crippen LogP contribution is 2.51. The molecular weight excluding hydrogens is 679 g/mol. The predicted octanol–water partition coefficient (Wildman–Crippen LogP) is 13.4. The summed E-state index contributed by atoms with van der Waals surface area (Å²) in [6.45, 7) is 0. The molecule has 1 aliphatic heterocycles. The van der Waals surface area contributed by atoms with Crippen molar-refractivity contribution in [3.8, 4) is 67.5 Å². The zero-order valence-electron chi connectivity index (χ0n) is 28.9. The Morgan fingerprint density at radius 2 is 0.907 bits per heavy atom. The summed E-state index contributed by atoms with van der Waals surface area (Å²) in [7, 11) is 0. The van der Waals surface area contributed by atoms with E-state index in [1.165, 1.54) is 37.3 Å². The molecule has 0 atom stereocenters. The fraction of sp³-hybridized carbons (Fsp3) is 0. The Morgan fingerprint density at radius 3 is 1.63 bits per heavy atom. The topological polar surface area (TPSA) is 51.8 Å². The third-order valence-electron chi connectivity index (χ3n) is 10.4. The number of rotatable bonds is 5. The van der Waals surface area contributed by atoms with Crippen LogP contribution >= 0.6 is 11.8 Å². The summed E-state index contributed by atoms with van der Waals surface area (Å²) in [4.78, 5) is 17.3. The molecule has 4 nitrogen and oxygen atoms in total. The van der Waals surface area contributed by atoms with Crippen molar-refractivity contribution < 1.29 is 4.42 Å². The monoisotopic (exact) mass is 707 g/mol. The van der Waals surface area contributed by atoms with Crippen LogP contribution in [0.25, 0.3) is 100 Å². The van der Waals surface area contributed by atoms with Crippen LogP contribution in [0, 0.1) is 0 Å². The van der Waals surface area contributed by atoms with E-state index in [0.717, 1.165) is 55.3 Å². The summed E-state index contributed by atoms with van der Waals surface area (Å²) >= 11 is 1.84. The van der Waals surface area contributed by atoms with Crippen LogP contribution in [0.5, 0.6) is 0 Å². The Balaban J connectivity index is 0.992. The van der Waals surface area contributed by atoms with Crippen molar-refractivity contribution in [1.29, 1.82) is 0 Å². The van der Waals surface area contributed by atoms with E-state index in [2.05, 4.69) is 103 Å². The van der Waals surface area contributed by atoms with Crippen molar-refractivity contribution in [3.63, 3.8) is 0 Å². The molecule has 0 saturated heterocycles. The minimum atomic E-state index is 0.647. The molecule has 0 aliphatic carbocycles. The molecule has 0 unspecified atom stereocenters. The number of nitrogens with zero attached hydrogens (tertiary/aromatic N) is 3. The van der Waals surface area contributed by atoms with Gasteiger partial charge in [-0.25, -0.2) is 15.0 Å². The number of hydrogen-bond donors (Lipinski definition) is 0. The van der Waals surface area contributed by atoms with Gasteiger partial charge in [-0.3, -0.25) is 0 Å². The van der Waals surface area contributed by atoms with E-state index in [-0.39, 0.29) is 0 Å². The third-order valence-corrected chi connectivity index (χ3v) is 11.5. The van der Waals surface area contributed by atoms with Crippen LogP contribution in [0.2, 0.25) is 0 Å². The molecule has 0 spiro atoms. The number of furan rings is 1. The van der Waals surface area contributed by atoms with Crippen molar-refractivity contribution in [2.75, 3.05) is 0 Å². The number of fused-ring (bicyclic) bond motifs is 5. The van der Waals surface area contributed by atoms with Gasteiger partial charge < -0.3 is 4.42 Å². The minimum absolute atomic E-state index is 0.647. The lowest BCUT2D eigenvalue weighted by Gasteiger charge is -2.22. The fourth-order valence-electron chi connectivity index (χ4n) is 7.76. The van der Waals surface area contributed by atoms with Gasteiger partial charge in [0.1, 0.15) is 11.2 Å². The summed E-state index contributed by atoms with van der Waals surface area (Å²) in [5, 5.41) is 4.80. The predicted molar refractivity (Wildman–Crippen MR) is 221 cm³/mol. The van der Waals surface area contributed by atoms with Crippen LogP contribution in [0.4, 0.5) is 0 Å². The number of para-hydroxylation sites is 2. The average molecular weight is 708 g/mol. The van der Waals surface area contributed by atoms with Gasteiger partial charge >= 0.3 is 0 Å². The van der Waals surface area contributed by atoms with E-state index in [4.69, 9.17) is 19.4 Å². The van der Waals surface area contributed by atoms with Gasteiger partial charge in [0, 0.05) is 48.2 Å². The van der Waals surface area contributed by atoms with E-state index in [1.54, 1.807) is 0 Å². The molecule has 8 aromatic carbocycles. The first kappa shape index (κ1) is 30.8. The second-order valence-corrected chi connectivity index (χ2v) is 14.6. The molecule has 0 amide bonds. The summed E-state index contributed by atoms with van der Waals surface area (Å²) in [6, 6.07) is 61.6. The standard InChI is InChI=1S/C49H29N3OS/c1-3-11-31(12-4-1)47-50-48(32-13-5-2-6-14-32)52-49(51-47)33-23-21-30(22-24-33)35-26-28-44-45-38(35)17-10-18-39(45)41-29-34(25-27-43(41)54-44)36-16-9-19-40-37-15-7-8-20-42(37)53-46(36)40/h1-29H. The van der Waals surface area contributed by atoms with Gasteiger partial charge in [-0.1, -0.05) is 163 Å². The van der Waals surface area contributed by atoms with E-state index in [9.17, 15) is 0 Å². The molecular formula is C49H29N3OS. The molecule has 0 N–H and O–H groups in total. The molecule has 0 fully saturated rings. The lowest BCUT2D eigenvalue weighted by Crippen LogP contribution is -2.00. The largest absolute Gasteiger partial charge is 0.455 e. The van der Waals surface area contributed by atoms with Crippen LogP contribution in [-0.4, -0.2) is 15.0 Å². The lowest BCUT2D eigenvalue weighted by molar-refractivity contribution is 0.670.